The zero-order chi connectivity index (χ0) is 29.3. The van der Waals surface area contributed by atoms with Crippen LogP contribution in [0, 0.1) is 5.82 Å². The minimum Gasteiger partial charge on any atom is -0.424 e. The van der Waals surface area contributed by atoms with Crippen molar-refractivity contribution < 1.29 is 22.0 Å². The largest absolute Gasteiger partial charge is 0.424 e. The van der Waals surface area contributed by atoms with Crippen LogP contribution in [-0.2, 0) is 6.54 Å². The summed E-state index contributed by atoms with van der Waals surface area (Å²) in [6, 6.07) is 8.77. The minimum atomic E-state index is -4.46. The van der Waals surface area contributed by atoms with Gasteiger partial charge in [0.25, 0.3) is 6.01 Å². The highest BCUT2D eigenvalue weighted by atomic mass is 19.4. The highest BCUT2D eigenvalue weighted by Gasteiger charge is 2.29. The zero-order valence-corrected chi connectivity index (χ0v) is 21.6. The number of hydrogen-bond acceptors (Lipinski definition) is 9. The Hall–Kier alpha value is -5.54. The van der Waals surface area contributed by atoms with Crippen molar-refractivity contribution in [1.29, 1.82) is 0 Å². The molecule has 0 radical (unpaired) electrons. The average Bonchev–Trinajstić information content (AvgIpc) is 3.70. The Morgan fingerprint density at radius 2 is 1.88 bits per heavy atom. The van der Waals surface area contributed by atoms with Gasteiger partial charge in [0.1, 0.15) is 41.4 Å². The van der Waals surface area contributed by atoms with Crippen molar-refractivity contribution in [3.63, 3.8) is 0 Å². The van der Waals surface area contributed by atoms with Crippen LogP contribution in [0.5, 0.6) is 0 Å². The highest BCUT2D eigenvalue weighted by molar-refractivity contribution is 5.99. The molecule has 0 spiro atoms. The van der Waals surface area contributed by atoms with E-state index >= 15 is 0 Å². The van der Waals surface area contributed by atoms with Gasteiger partial charge in [0.2, 0.25) is 0 Å². The summed E-state index contributed by atoms with van der Waals surface area (Å²) in [7, 11) is 0. The van der Waals surface area contributed by atoms with Gasteiger partial charge in [-0.2, -0.15) is 33.5 Å². The summed E-state index contributed by atoms with van der Waals surface area (Å²) in [6.07, 6.45) is -0.718. The van der Waals surface area contributed by atoms with Gasteiger partial charge < -0.3 is 15.9 Å². The van der Waals surface area contributed by atoms with Crippen LogP contribution in [0.15, 0.2) is 59.5 Å². The van der Waals surface area contributed by atoms with Crippen molar-refractivity contribution in [2.75, 3.05) is 11.5 Å². The average molecular weight is 578 g/mol. The Morgan fingerprint density at radius 1 is 1.05 bits per heavy atom. The van der Waals surface area contributed by atoms with E-state index in [1.54, 1.807) is 28.9 Å². The molecule has 4 N–H and O–H groups in total. The van der Waals surface area contributed by atoms with Gasteiger partial charge in [-0.05, 0) is 37.3 Å². The summed E-state index contributed by atoms with van der Waals surface area (Å²) in [5.41, 5.74) is 15.6. The molecule has 0 fully saturated rings. The first-order valence-corrected chi connectivity index (χ1v) is 12.5. The standard InChI is InChI=1S/C26H19F4N11O/c1-12(21-16-4-3-14(27)7-18(16)41(37-21)15-8-35-39(9-15)10-26(28,29)30)40-24-20(23(31)33-11-34-24)22(38-40)13-2-5-19-17(6-13)36-25(32)42-19/h2-9,11-12H,10H2,1H3,(H2,32,36)(H2,31,33,34). The fourth-order valence-corrected chi connectivity index (χ4v) is 5.03. The van der Waals surface area contributed by atoms with E-state index in [0.29, 0.717) is 50.0 Å². The van der Waals surface area contributed by atoms with Crippen LogP contribution in [0.3, 0.4) is 0 Å². The quantitative estimate of drug-likeness (QED) is 0.278. The molecule has 1 atom stereocenters. The molecule has 0 aliphatic carbocycles. The number of nitrogens with zero attached hydrogens (tertiary/aromatic N) is 9. The van der Waals surface area contributed by atoms with Gasteiger partial charge in [0.05, 0.1) is 35.0 Å². The lowest BCUT2D eigenvalue weighted by Gasteiger charge is -2.11. The van der Waals surface area contributed by atoms with Gasteiger partial charge >= 0.3 is 6.18 Å². The summed E-state index contributed by atoms with van der Waals surface area (Å²) in [5.74, 6) is -0.343. The smallest absolute Gasteiger partial charge is 0.408 e. The third-order valence-electron chi connectivity index (χ3n) is 6.84. The number of fused-ring (bicyclic) bond motifs is 3. The molecule has 1 unspecified atom stereocenters. The molecule has 5 aromatic heterocycles. The molecule has 16 heteroatoms. The topological polar surface area (TPSA) is 157 Å². The molecule has 0 saturated carbocycles. The SMILES string of the molecule is CC(c1nn(-c2cnn(CC(F)(F)F)c2)c2cc(F)ccc12)n1nc(-c2ccc3oc(N)nc3c2)c2c(N)ncnc21. The molecule has 212 valence electrons. The van der Waals surface area contributed by atoms with E-state index in [9.17, 15) is 17.6 Å². The number of benzene rings is 2. The lowest BCUT2D eigenvalue weighted by Crippen LogP contribution is -2.17. The van der Waals surface area contributed by atoms with E-state index in [2.05, 4.69) is 25.1 Å². The van der Waals surface area contributed by atoms with E-state index in [4.69, 9.17) is 21.0 Å². The van der Waals surface area contributed by atoms with Crippen molar-refractivity contribution in [3.8, 4) is 16.9 Å². The molecular formula is C26H19F4N11O. The second-order valence-corrected chi connectivity index (χ2v) is 9.63. The molecule has 0 amide bonds. The summed E-state index contributed by atoms with van der Waals surface area (Å²) >= 11 is 0. The number of aromatic nitrogens is 9. The maximum atomic E-state index is 14.4. The Labute approximate surface area is 232 Å². The molecule has 0 aliphatic rings. The first-order chi connectivity index (χ1) is 20.1. The lowest BCUT2D eigenvalue weighted by molar-refractivity contribution is -0.142. The van der Waals surface area contributed by atoms with E-state index in [-0.39, 0.29) is 17.5 Å². The van der Waals surface area contributed by atoms with Crippen LogP contribution < -0.4 is 11.5 Å². The van der Waals surface area contributed by atoms with Crippen molar-refractivity contribution in [1.82, 2.24) is 44.3 Å². The van der Waals surface area contributed by atoms with Crippen molar-refractivity contribution in [3.05, 3.63) is 66.6 Å². The van der Waals surface area contributed by atoms with E-state index in [1.165, 1.54) is 35.5 Å². The molecular weight excluding hydrogens is 558 g/mol. The number of nitrogen functional groups attached to an aromatic ring is 2. The molecule has 42 heavy (non-hydrogen) atoms. The summed E-state index contributed by atoms with van der Waals surface area (Å²) in [6.45, 7) is 0.540. The molecule has 2 aromatic carbocycles. The summed E-state index contributed by atoms with van der Waals surface area (Å²) in [5, 5.41) is 14.4. The lowest BCUT2D eigenvalue weighted by atomic mass is 10.1. The van der Waals surface area contributed by atoms with Crippen molar-refractivity contribution in [2.24, 2.45) is 0 Å². The van der Waals surface area contributed by atoms with Crippen LogP contribution in [-0.4, -0.2) is 50.5 Å². The number of rotatable bonds is 5. The van der Waals surface area contributed by atoms with E-state index in [1.807, 2.05) is 6.92 Å². The van der Waals surface area contributed by atoms with Crippen LogP contribution in [0.25, 0.3) is 50.0 Å². The third-order valence-corrected chi connectivity index (χ3v) is 6.84. The summed E-state index contributed by atoms with van der Waals surface area (Å²) < 4.78 is 62.3. The molecule has 7 rings (SSSR count). The number of nitrogens with two attached hydrogens (primary N) is 2. The van der Waals surface area contributed by atoms with Crippen molar-refractivity contribution >= 4 is 44.9 Å². The van der Waals surface area contributed by atoms with Gasteiger partial charge in [-0.3, -0.25) is 4.68 Å². The van der Waals surface area contributed by atoms with E-state index in [0.717, 1.165) is 4.68 Å². The maximum Gasteiger partial charge on any atom is 0.408 e. The second-order valence-electron chi connectivity index (χ2n) is 9.63. The molecule has 0 saturated heterocycles. The van der Waals surface area contributed by atoms with Crippen LogP contribution in [0.2, 0.25) is 0 Å². The van der Waals surface area contributed by atoms with Crippen LogP contribution in [0.4, 0.5) is 29.4 Å². The van der Waals surface area contributed by atoms with Gasteiger partial charge in [0, 0.05) is 17.0 Å². The molecule has 7 aromatic rings. The molecule has 0 bridgehead atoms. The minimum absolute atomic E-state index is 0.0249. The fraction of sp³-hybridized carbons (Fsp3) is 0.154. The van der Waals surface area contributed by atoms with E-state index < -0.39 is 24.6 Å². The van der Waals surface area contributed by atoms with Gasteiger partial charge in [-0.1, -0.05) is 0 Å². The molecule has 5 heterocycles. The zero-order valence-electron chi connectivity index (χ0n) is 21.6. The number of halogens is 4. The maximum absolute atomic E-state index is 14.4. The Bertz CT molecular complexity index is 2140. The Morgan fingerprint density at radius 3 is 2.69 bits per heavy atom. The monoisotopic (exact) mass is 577 g/mol. The Balaban J connectivity index is 1.38. The Kier molecular flexibility index (Phi) is 5.44. The first kappa shape index (κ1) is 25.4. The highest BCUT2D eigenvalue weighted by Crippen LogP contribution is 2.36. The summed E-state index contributed by atoms with van der Waals surface area (Å²) in [4.78, 5) is 12.8. The number of oxazole rings is 1. The predicted octanol–water partition coefficient (Wildman–Crippen LogP) is 4.65. The van der Waals surface area contributed by atoms with Gasteiger partial charge in [-0.15, -0.1) is 0 Å². The molecule has 0 aliphatic heterocycles. The fourth-order valence-electron chi connectivity index (χ4n) is 5.03. The number of anilines is 2. The van der Waals surface area contributed by atoms with Gasteiger partial charge in [0.15, 0.2) is 11.2 Å². The van der Waals surface area contributed by atoms with Crippen molar-refractivity contribution in [2.45, 2.75) is 25.7 Å². The van der Waals surface area contributed by atoms with Gasteiger partial charge in [-0.25, -0.2) is 23.7 Å². The van der Waals surface area contributed by atoms with Crippen LogP contribution >= 0.6 is 0 Å². The number of alkyl halides is 3. The number of hydrogen-bond donors (Lipinski definition) is 2. The third kappa shape index (κ3) is 4.15. The normalized spacial score (nSPS) is 13.1. The first-order valence-electron chi connectivity index (χ1n) is 12.5. The predicted molar refractivity (Wildman–Crippen MR) is 144 cm³/mol. The van der Waals surface area contributed by atoms with Crippen LogP contribution in [0.1, 0.15) is 18.7 Å². The second kappa shape index (κ2) is 8.98. The molecule has 12 nitrogen and oxygen atoms in total.